The van der Waals surface area contributed by atoms with Gasteiger partial charge in [0.2, 0.25) is 0 Å². The Hall–Kier alpha value is -1.81. The van der Waals surface area contributed by atoms with Crippen molar-refractivity contribution in [1.82, 2.24) is 4.98 Å². The minimum atomic E-state index is 0.717. The first-order valence-corrected chi connectivity index (χ1v) is 6.42. The van der Waals surface area contributed by atoms with Crippen molar-refractivity contribution >= 4 is 32.6 Å². The van der Waals surface area contributed by atoms with Crippen LogP contribution in [-0.2, 0) is 6.54 Å². The zero-order valence-electron chi connectivity index (χ0n) is 9.56. The van der Waals surface area contributed by atoms with Gasteiger partial charge in [-0.2, -0.15) is 0 Å². The first kappa shape index (κ1) is 11.3. The quantitative estimate of drug-likeness (QED) is 0.788. The lowest BCUT2D eigenvalue weighted by Gasteiger charge is -2.04. The van der Waals surface area contributed by atoms with Crippen molar-refractivity contribution in [3.63, 3.8) is 0 Å². The van der Waals surface area contributed by atoms with Crippen LogP contribution in [0.4, 0.5) is 5.69 Å². The first-order chi connectivity index (χ1) is 8.83. The van der Waals surface area contributed by atoms with Gasteiger partial charge in [-0.05, 0) is 28.1 Å². The number of fused-ring (bicyclic) bond motifs is 1. The van der Waals surface area contributed by atoms with E-state index in [1.165, 1.54) is 0 Å². The lowest BCUT2D eigenvalue weighted by atomic mass is 10.2. The molecule has 1 aromatic carbocycles. The second kappa shape index (κ2) is 4.82. The molecule has 0 aliphatic heterocycles. The summed E-state index contributed by atoms with van der Waals surface area (Å²) in [6, 6.07) is 10.0. The van der Waals surface area contributed by atoms with Gasteiger partial charge in [0, 0.05) is 28.2 Å². The highest BCUT2D eigenvalue weighted by molar-refractivity contribution is 9.10. The summed E-state index contributed by atoms with van der Waals surface area (Å²) in [5, 5.41) is 4.47. The highest BCUT2D eigenvalue weighted by atomic mass is 79.9. The smallest absolute Gasteiger partial charge is 0.134 e. The summed E-state index contributed by atoms with van der Waals surface area (Å²) in [6.07, 6.45) is 5.36. The summed E-state index contributed by atoms with van der Waals surface area (Å²) in [7, 11) is 0. The number of anilines is 1. The second-order valence-corrected chi connectivity index (χ2v) is 4.92. The van der Waals surface area contributed by atoms with Crippen LogP contribution in [0.1, 0.15) is 5.56 Å². The fourth-order valence-electron chi connectivity index (χ4n) is 1.88. The average Bonchev–Trinajstić information content (AvgIpc) is 2.80. The number of nitrogens with zero attached hydrogens (tertiary/aromatic N) is 1. The van der Waals surface area contributed by atoms with Crippen LogP contribution in [-0.4, -0.2) is 4.98 Å². The molecular weight excluding hydrogens is 292 g/mol. The number of hydrogen-bond acceptors (Lipinski definition) is 3. The molecule has 90 valence electrons. The molecule has 0 saturated heterocycles. The Morgan fingerprint density at radius 3 is 3.00 bits per heavy atom. The van der Waals surface area contributed by atoms with E-state index in [4.69, 9.17) is 4.42 Å². The normalized spacial score (nSPS) is 10.7. The number of para-hydroxylation sites is 1. The maximum Gasteiger partial charge on any atom is 0.134 e. The molecule has 0 amide bonds. The molecule has 0 fully saturated rings. The lowest BCUT2D eigenvalue weighted by Crippen LogP contribution is -1.98. The number of furan rings is 1. The molecule has 0 radical (unpaired) electrons. The van der Waals surface area contributed by atoms with Crippen molar-refractivity contribution in [3.8, 4) is 0 Å². The van der Waals surface area contributed by atoms with Gasteiger partial charge >= 0.3 is 0 Å². The van der Waals surface area contributed by atoms with Crippen molar-refractivity contribution in [2.75, 3.05) is 5.32 Å². The molecule has 4 heteroatoms. The molecule has 0 atom stereocenters. The Kier molecular flexibility index (Phi) is 3.02. The van der Waals surface area contributed by atoms with E-state index in [0.717, 1.165) is 33.2 Å². The fraction of sp³-hybridized carbons (Fsp3) is 0.0714. The molecule has 3 rings (SSSR count). The Bertz CT molecular complexity index is 678. The van der Waals surface area contributed by atoms with Crippen molar-refractivity contribution < 1.29 is 4.42 Å². The van der Waals surface area contributed by atoms with Crippen molar-refractivity contribution in [2.45, 2.75) is 6.54 Å². The predicted octanol–water partition coefficient (Wildman–Crippen LogP) is 4.20. The molecule has 0 aliphatic rings. The van der Waals surface area contributed by atoms with Gasteiger partial charge in [-0.25, -0.2) is 0 Å². The minimum Gasteiger partial charge on any atom is -0.464 e. The molecule has 18 heavy (non-hydrogen) atoms. The Morgan fingerprint density at radius 1 is 1.22 bits per heavy atom. The number of rotatable bonds is 3. The molecule has 0 aliphatic carbocycles. The molecule has 2 aromatic heterocycles. The van der Waals surface area contributed by atoms with Gasteiger partial charge in [0.15, 0.2) is 0 Å². The number of nitrogens with one attached hydrogen (secondary N) is 1. The summed E-state index contributed by atoms with van der Waals surface area (Å²) in [6.45, 7) is 0.717. The molecule has 0 saturated carbocycles. The van der Waals surface area contributed by atoms with Crippen LogP contribution in [0, 0.1) is 0 Å². The van der Waals surface area contributed by atoms with Gasteiger partial charge < -0.3 is 9.73 Å². The molecular formula is C14H11BrN2O. The maximum absolute atomic E-state index is 5.50. The van der Waals surface area contributed by atoms with Gasteiger partial charge in [-0.1, -0.05) is 18.2 Å². The van der Waals surface area contributed by atoms with Crippen molar-refractivity contribution in [2.24, 2.45) is 0 Å². The van der Waals surface area contributed by atoms with Gasteiger partial charge in [0.25, 0.3) is 0 Å². The van der Waals surface area contributed by atoms with E-state index in [1.807, 2.05) is 24.3 Å². The predicted molar refractivity (Wildman–Crippen MR) is 75.5 cm³/mol. The number of hydrogen-bond donors (Lipinski definition) is 1. The summed E-state index contributed by atoms with van der Waals surface area (Å²) in [5.41, 5.74) is 3.04. The summed E-state index contributed by atoms with van der Waals surface area (Å²) in [5.74, 6) is 0. The van der Waals surface area contributed by atoms with Gasteiger partial charge in [0.1, 0.15) is 5.58 Å². The van der Waals surface area contributed by atoms with E-state index < -0.39 is 0 Å². The third-order valence-electron chi connectivity index (χ3n) is 2.75. The Labute approximate surface area is 113 Å². The van der Waals surface area contributed by atoms with Crippen LogP contribution in [0.3, 0.4) is 0 Å². The van der Waals surface area contributed by atoms with E-state index in [2.05, 4.69) is 32.3 Å². The first-order valence-electron chi connectivity index (χ1n) is 5.62. The molecule has 0 unspecified atom stereocenters. The van der Waals surface area contributed by atoms with E-state index in [-0.39, 0.29) is 0 Å². The summed E-state index contributed by atoms with van der Waals surface area (Å²) in [4.78, 5) is 4.11. The maximum atomic E-state index is 5.50. The highest BCUT2D eigenvalue weighted by Gasteiger charge is 2.04. The number of aromatic nitrogens is 1. The summed E-state index contributed by atoms with van der Waals surface area (Å²) < 4.78 is 6.46. The number of pyridine rings is 1. The minimum absolute atomic E-state index is 0.717. The Balaban J connectivity index is 1.81. The van der Waals surface area contributed by atoms with Gasteiger partial charge in [0.05, 0.1) is 18.1 Å². The lowest BCUT2D eigenvalue weighted by molar-refractivity contribution is 0.611. The fourth-order valence-corrected chi connectivity index (χ4v) is 2.24. The van der Waals surface area contributed by atoms with Crippen LogP contribution in [0.15, 0.2) is 57.9 Å². The Morgan fingerprint density at radius 2 is 2.11 bits per heavy atom. The highest BCUT2D eigenvalue weighted by Crippen LogP contribution is 2.22. The molecule has 0 spiro atoms. The zero-order chi connectivity index (χ0) is 12.4. The van der Waals surface area contributed by atoms with Gasteiger partial charge in [-0.3, -0.25) is 4.98 Å². The number of benzene rings is 1. The molecule has 1 N–H and O–H groups in total. The van der Waals surface area contributed by atoms with E-state index >= 15 is 0 Å². The zero-order valence-corrected chi connectivity index (χ0v) is 11.1. The van der Waals surface area contributed by atoms with Crippen LogP contribution in [0.2, 0.25) is 0 Å². The third kappa shape index (κ3) is 2.24. The molecule has 3 aromatic rings. The average molecular weight is 303 g/mol. The second-order valence-electron chi connectivity index (χ2n) is 4.00. The van der Waals surface area contributed by atoms with Crippen LogP contribution < -0.4 is 5.32 Å². The SMILES string of the molecule is Brc1cncc(NCc2coc3ccccc23)c1. The van der Waals surface area contributed by atoms with Gasteiger partial charge in [-0.15, -0.1) is 0 Å². The third-order valence-corrected chi connectivity index (χ3v) is 3.18. The standard InChI is InChI=1S/C14H11BrN2O/c15-11-5-12(8-16-7-11)17-6-10-9-18-14-4-2-1-3-13(10)14/h1-5,7-9,17H,6H2. The van der Waals surface area contributed by atoms with Crippen molar-refractivity contribution in [3.05, 3.63) is 59.0 Å². The number of halogens is 1. The van der Waals surface area contributed by atoms with Crippen LogP contribution >= 0.6 is 15.9 Å². The topological polar surface area (TPSA) is 38.1 Å². The van der Waals surface area contributed by atoms with E-state index in [9.17, 15) is 0 Å². The van der Waals surface area contributed by atoms with Crippen LogP contribution in [0.25, 0.3) is 11.0 Å². The van der Waals surface area contributed by atoms with Crippen molar-refractivity contribution in [1.29, 1.82) is 0 Å². The largest absolute Gasteiger partial charge is 0.464 e. The van der Waals surface area contributed by atoms with E-state index in [0.29, 0.717) is 0 Å². The summed E-state index contributed by atoms with van der Waals surface area (Å²) >= 11 is 3.40. The molecule has 0 bridgehead atoms. The molecule has 3 nitrogen and oxygen atoms in total. The monoisotopic (exact) mass is 302 g/mol. The molecule has 2 heterocycles. The van der Waals surface area contributed by atoms with Crippen LogP contribution in [0.5, 0.6) is 0 Å². The van der Waals surface area contributed by atoms with E-state index in [1.54, 1.807) is 18.7 Å².